The van der Waals surface area contributed by atoms with Gasteiger partial charge in [0.1, 0.15) is 11.9 Å². The summed E-state index contributed by atoms with van der Waals surface area (Å²) in [6.45, 7) is 6.40. The number of nitrogens with one attached hydrogen (secondary N) is 1. The monoisotopic (exact) mass is 605 g/mol. The fourth-order valence-electron chi connectivity index (χ4n) is 6.05. The highest BCUT2D eigenvalue weighted by Crippen LogP contribution is 2.44. The van der Waals surface area contributed by atoms with Crippen molar-refractivity contribution in [2.75, 3.05) is 39.3 Å². The molecule has 0 bridgehead atoms. The van der Waals surface area contributed by atoms with Gasteiger partial charge in [0.15, 0.2) is 10.8 Å². The molecule has 226 valence electrons. The third kappa shape index (κ3) is 5.69. The van der Waals surface area contributed by atoms with Crippen molar-refractivity contribution in [1.29, 1.82) is 0 Å². The van der Waals surface area contributed by atoms with Gasteiger partial charge in [-0.2, -0.15) is 0 Å². The van der Waals surface area contributed by atoms with E-state index in [0.717, 1.165) is 0 Å². The van der Waals surface area contributed by atoms with Crippen LogP contribution in [-0.2, 0) is 14.3 Å². The van der Waals surface area contributed by atoms with Crippen molar-refractivity contribution >= 4 is 29.1 Å². The zero-order valence-electron chi connectivity index (χ0n) is 23.9. The molecule has 1 aromatic heterocycles. The number of halogens is 3. The van der Waals surface area contributed by atoms with E-state index < -0.39 is 53.6 Å². The van der Waals surface area contributed by atoms with E-state index in [1.807, 2.05) is 0 Å². The number of aliphatic carboxylic acids is 1. The molecule has 3 unspecified atom stereocenters. The smallest absolute Gasteiger partial charge is 0.338 e. The van der Waals surface area contributed by atoms with Crippen LogP contribution >= 0.6 is 11.3 Å². The zero-order chi connectivity index (χ0) is 30.4. The van der Waals surface area contributed by atoms with Crippen LogP contribution in [0.25, 0.3) is 0 Å². The molecule has 3 atom stereocenters. The number of thiazole rings is 1. The molecule has 3 aliphatic rings. The summed E-state index contributed by atoms with van der Waals surface area (Å²) in [5.41, 5.74) is 0.132. The zero-order valence-corrected chi connectivity index (χ0v) is 24.7. The molecule has 2 N–H and O–H groups in total. The van der Waals surface area contributed by atoms with E-state index in [1.165, 1.54) is 23.5 Å². The lowest BCUT2D eigenvalue weighted by Crippen LogP contribution is -2.44. The second kappa shape index (κ2) is 11.4. The highest BCUT2D eigenvalue weighted by Gasteiger charge is 2.58. The van der Waals surface area contributed by atoms with Gasteiger partial charge in [-0.3, -0.25) is 14.7 Å². The first-order valence-electron chi connectivity index (χ1n) is 13.8. The van der Waals surface area contributed by atoms with Crippen molar-refractivity contribution in [2.45, 2.75) is 45.7 Å². The van der Waals surface area contributed by atoms with E-state index in [-0.39, 0.29) is 38.4 Å². The molecule has 0 spiro atoms. The van der Waals surface area contributed by atoms with Gasteiger partial charge >= 0.3 is 11.9 Å². The topological polar surface area (TPSA) is 107 Å². The summed E-state index contributed by atoms with van der Waals surface area (Å²) in [4.78, 5) is 37.7. The number of aromatic nitrogens is 1. The maximum Gasteiger partial charge on any atom is 0.338 e. The number of ether oxygens (including phenoxy) is 1. The maximum absolute atomic E-state index is 15.4. The number of benzene rings is 1. The van der Waals surface area contributed by atoms with Crippen LogP contribution in [0.5, 0.6) is 0 Å². The molecule has 0 amide bonds. The Hall–Kier alpha value is -3.29. The SMILES string of the molecule is CCOC(=O)C1=C(CN2CC(F)(F)C3CN(CC(C)(C)C(=O)O)CC32)NC(c2nccs2)=NC1c1cccc(F)c1C. The number of carbonyl (C=O) groups is 2. The number of alkyl halides is 2. The number of carboxylic acid groups (broad SMARTS) is 1. The van der Waals surface area contributed by atoms with Crippen LogP contribution in [0, 0.1) is 24.1 Å². The van der Waals surface area contributed by atoms with E-state index in [1.54, 1.807) is 55.1 Å². The van der Waals surface area contributed by atoms with Gasteiger partial charge in [-0.25, -0.2) is 22.9 Å². The first kappa shape index (κ1) is 30.2. The summed E-state index contributed by atoms with van der Waals surface area (Å²) in [5, 5.41) is 15.1. The first-order chi connectivity index (χ1) is 19.8. The molecule has 42 heavy (non-hydrogen) atoms. The van der Waals surface area contributed by atoms with Gasteiger partial charge in [-0.1, -0.05) is 12.1 Å². The Labute approximate surface area is 246 Å². The number of hydrogen-bond acceptors (Lipinski definition) is 9. The van der Waals surface area contributed by atoms with Crippen molar-refractivity contribution in [1.82, 2.24) is 20.1 Å². The second-order valence-corrected chi connectivity index (χ2v) is 12.5. The van der Waals surface area contributed by atoms with Crippen molar-refractivity contribution in [3.8, 4) is 0 Å². The molecule has 2 saturated heterocycles. The maximum atomic E-state index is 15.4. The van der Waals surface area contributed by atoms with Crippen LogP contribution in [0.2, 0.25) is 0 Å². The van der Waals surface area contributed by atoms with Gasteiger partial charge in [0.2, 0.25) is 0 Å². The Morgan fingerprint density at radius 2 is 2.05 bits per heavy atom. The Bertz CT molecular complexity index is 1430. The van der Waals surface area contributed by atoms with E-state index >= 15 is 8.78 Å². The Morgan fingerprint density at radius 1 is 1.29 bits per heavy atom. The van der Waals surface area contributed by atoms with E-state index in [9.17, 15) is 19.1 Å². The lowest BCUT2D eigenvalue weighted by atomic mass is 9.92. The molecule has 0 saturated carbocycles. The molecule has 0 aliphatic carbocycles. The Kier molecular flexibility index (Phi) is 8.20. The molecular formula is C29H34F3N5O4S. The predicted molar refractivity (Wildman–Crippen MR) is 151 cm³/mol. The number of carbonyl (C=O) groups excluding carboxylic acids is 1. The molecule has 0 radical (unpaired) electrons. The predicted octanol–water partition coefficient (Wildman–Crippen LogP) is 3.86. The molecule has 2 aromatic rings. The number of carboxylic acids is 1. The number of hydrogen-bond donors (Lipinski definition) is 2. The highest BCUT2D eigenvalue weighted by atomic mass is 32.1. The minimum Gasteiger partial charge on any atom is -0.481 e. The molecule has 3 aliphatic heterocycles. The van der Waals surface area contributed by atoms with Gasteiger partial charge in [0, 0.05) is 49.5 Å². The van der Waals surface area contributed by atoms with Crippen LogP contribution in [0.1, 0.15) is 42.9 Å². The number of aliphatic imine (C=N–C) groups is 1. The summed E-state index contributed by atoms with van der Waals surface area (Å²) in [7, 11) is 0. The van der Waals surface area contributed by atoms with Crippen LogP contribution in [0.3, 0.4) is 0 Å². The average molecular weight is 606 g/mol. The van der Waals surface area contributed by atoms with Crippen molar-refractivity contribution in [3.63, 3.8) is 0 Å². The van der Waals surface area contributed by atoms with Crippen molar-refractivity contribution in [3.05, 3.63) is 63.0 Å². The van der Waals surface area contributed by atoms with Crippen molar-refractivity contribution in [2.24, 2.45) is 16.3 Å². The minimum absolute atomic E-state index is 0.0453. The Morgan fingerprint density at radius 3 is 2.71 bits per heavy atom. The third-order valence-corrected chi connectivity index (χ3v) is 8.99. The number of rotatable bonds is 9. The second-order valence-electron chi connectivity index (χ2n) is 11.6. The van der Waals surface area contributed by atoms with Crippen LogP contribution in [0.4, 0.5) is 13.2 Å². The van der Waals surface area contributed by atoms with Gasteiger partial charge in [0.25, 0.3) is 5.92 Å². The summed E-state index contributed by atoms with van der Waals surface area (Å²) < 4.78 is 50.9. The van der Waals surface area contributed by atoms with Gasteiger partial charge < -0.3 is 20.1 Å². The largest absolute Gasteiger partial charge is 0.481 e. The van der Waals surface area contributed by atoms with E-state index in [4.69, 9.17) is 9.73 Å². The molecule has 5 rings (SSSR count). The van der Waals surface area contributed by atoms with Crippen LogP contribution in [0.15, 0.2) is 46.0 Å². The van der Waals surface area contributed by atoms with E-state index in [2.05, 4.69) is 10.3 Å². The quantitative estimate of drug-likeness (QED) is 0.415. The summed E-state index contributed by atoms with van der Waals surface area (Å²) in [5.74, 6) is -5.79. The van der Waals surface area contributed by atoms with Gasteiger partial charge in [0.05, 0.1) is 30.1 Å². The molecular weight excluding hydrogens is 571 g/mol. The fraction of sp³-hybridized carbons (Fsp3) is 0.517. The molecule has 1 aromatic carbocycles. The highest BCUT2D eigenvalue weighted by molar-refractivity contribution is 7.11. The van der Waals surface area contributed by atoms with Crippen LogP contribution < -0.4 is 5.32 Å². The molecule has 4 heterocycles. The van der Waals surface area contributed by atoms with Gasteiger partial charge in [-0.05, 0) is 44.9 Å². The number of esters is 1. The molecule has 2 fully saturated rings. The molecule has 9 nitrogen and oxygen atoms in total. The third-order valence-electron chi connectivity index (χ3n) is 8.21. The normalized spacial score (nSPS) is 24.4. The Balaban J connectivity index is 1.54. The number of likely N-dealkylation sites (tertiary alicyclic amines) is 2. The van der Waals surface area contributed by atoms with Crippen molar-refractivity contribution < 1.29 is 32.6 Å². The number of fused-ring (bicyclic) bond motifs is 1. The van der Waals surface area contributed by atoms with Gasteiger partial charge in [-0.15, -0.1) is 11.3 Å². The van der Waals surface area contributed by atoms with Crippen LogP contribution in [-0.4, -0.2) is 89.0 Å². The average Bonchev–Trinajstić information content (AvgIpc) is 3.64. The summed E-state index contributed by atoms with van der Waals surface area (Å²) in [6.07, 6.45) is 1.61. The first-order valence-corrected chi connectivity index (χ1v) is 14.7. The summed E-state index contributed by atoms with van der Waals surface area (Å²) >= 11 is 1.32. The lowest BCUT2D eigenvalue weighted by molar-refractivity contribution is -0.148. The lowest BCUT2D eigenvalue weighted by Gasteiger charge is -2.32. The minimum atomic E-state index is -3.02. The molecule has 13 heteroatoms. The number of nitrogens with zero attached hydrogens (tertiary/aromatic N) is 4. The standard InChI is InChI=1S/C29H34F3N5O4S/c1-5-41-26(38)22-20(12-37-15-29(31,32)18-11-36(13-21(18)37)14-28(3,4)27(39)40)34-24(25-33-9-10-42-25)35-23(22)17-7-6-8-19(30)16(17)2/h6-10,18,21,23H,5,11-15H2,1-4H3,(H,34,35)(H,39,40). The van der Waals surface area contributed by atoms with E-state index in [0.29, 0.717) is 27.7 Å². The summed E-state index contributed by atoms with van der Waals surface area (Å²) in [6, 6.07) is 3.03. The fourth-order valence-corrected chi connectivity index (χ4v) is 6.64. The number of amidine groups is 1.